The summed E-state index contributed by atoms with van der Waals surface area (Å²) in [4.78, 5) is 16.8. The van der Waals surface area contributed by atoms with Crippen LogP contribution >= 0.6 is 11.3 Å². The molecule has 0 aliphatic rings. The maximum atomic E-state index is 12.8. The summed E-state index contributed by atoms with van der Waals surface area (Å²) in [6.45, 7) is 2.31. The maximum absolute atomic E-state index is 12.8. The number of halogens is 2. The molecular weight excluding hydrogens is 328 g/mol. The molecule has 2 aromatic rings. The van der Waals surface area contributed by atoms with E-state index in [9.17, 15) is 13.6 Å². The van der Waals surface area contributed by atoms with Crippen LogP contribution in [0.4, 0.5) is 8.78 Å². The zero-order valence-electron chi connectivity index (χ0n) is 13.2. The van der Waals surface area contributed by atoms with Gasteiger partial charge in [-0.3, -0.25) is 0 Å². The van der Waals surface area contributed by atoms with E-state index in [2.05, 4.69) is 10.1 Å². The lowest BCUT2D eigenvalue weighted by molar-refractivity contribution is 0.0470. The van der Waals surface area contributed by atoms with E-state index < -0.39 is 12.5 Å². The molecule has 23 heavy (non-hydrogen) atoms. The van der Waals surface area contributed by atoms with Crippen molar-refractivity contribution in [3.05, 3.63) is 32.5 Å². The number of ether oxygens (including phenoxy) is 2. The third-order valence-corrected chi connectivity index (χ3v) is 4.41. The fraction of sp³-hybridized carbons (Fsp3) is 0.500. The number of hydrogen-bond acceptors (Lipinski definition) is 6. The lowest BCUT2D eigenvalue weighted by atomic mass is 10.2. The summed E-state index contributed by atoms with van der Waals surface area (Å²) >= 11 is 1.19. The number of nitrogens with zero attached hydrogens (tertiary/aromatic N) is 3. The molecule has 0 bridgehead atoms. The van der Waals surface area contributed by atoms with Crippen molar-refractivity contribution in [3.63, 3.8) is 0 Å². The van der Waals surface area contributed by atoms with Crippen molar-refractivity contribution in [2.24, 2.45) is 0 Å². The first kappa shape index (κ1) is 17.5. The molecule has 0 fully saturated rings. The Hall–Kier alpha value is -1.87. The number of carbonyl (C=O) groups is 1. The molecule has 0 amide bonds. The van der Waals surface area contributed by atoms with E-state index in [-0.39, 0.29) is 12.3 Å². The molecule has 0 unspecified atom stereocenters. The number of carbonyl (C=O) groups excluding carboxylic acids is 1. The van der Waals surface area contributed by atoms with Crippen molar-refractivity contribution in [2.75, 3.05) is 7.11 Å². The molecule has 0 radical (unpaired) electrons. The maximum Gasteiger partial charge on any atom is 0.350 e. The molecular formula is C14H17F2N3O3S. The van der Waals surface area contributed by atoms with Crippen LogP contribution in [0.2, 0.25) is 0 Å². The molecule has 2 rings (SSSR count). The predicted octanol–water partition coefficient (Wildman–Crippen LogP) is 3.16. The van der Waals surface area contributed by atoms with Gasteiger partial charge < -0.3 is 9.47 Å². The minimum absolute atomic E-state index is 0.111. The SMILES string of the molecule is COCc1nc(C)c(C(=O)OCc2c(C)nn(C(F)F)c2C)s1. The Morgan fingerprint density at radius 3 is 2.52 bits per heavy atom. The predicted molar refractivity (Wildman–Crippen MR) is 79.6 cm³/mol. The van der Waals surface area contributed by atoms with Crippen molar-refractivity contribution in [1.29, 1.82) is 0 Å². The van der Waals surface area contributed by atoms with Crippen molar-refractivity contribution in [1.82, 2.24) is 14.8 Å². The zero-order valence-corrected chi connectivity index (χ0v) is 14.0. The molecule has 0 spiro atoms. The summed E-state index contributed by atoms with van der Waals surface area (Å²) in [5, 5.41) is 4.43. The van der Waals surface area contributed by atoms with Gasteiger partial charge in [0.15, 0.2) is 0 Å². The summed E-state index contributed by atoms with van der Waals surface area (Å²) in [5.41, 5.74) is 1.74. The highest BCUT2D eigenvalue weighted by molar-refractivity contribution is 7.13. The third-order valence-electron chi connectivity index (χ3n) is 3.30. The Balaban J connectivity index is 2.11. The Morgan fingerprint density at radius 1 is 1.26 bits per heavy atom. The molecule has 0 N–H and O–H groups in total. The molecule has 0 atom stereocenters. The van der Waals surface area contributed by atoms with Gasteiger partial charge in [-0.15, -0.1) is 11.3 Å². The van der Waals surface area contributed by atoms with Crippen molar-refractivity contribution < 1.29 is 23.0 Å². The smallest absolute Gasteiger partial charge is 0.350 e. The first-order valence-corrected chi connectivity index (χ1v) is 7.61. The Kier molecular flexibility index (Phi) is 5.42. The molecule has 0 aliphatic carbocycles. The number of methoxy groups -OCH3 is 1. The zero-order chi connectivity index (χ0) is 17.1. The summed E-state index contributed by atoms with van der Waals surface area (Å²) < 4.78 is 36.4. The van der Waals surface area contributed by atoms with Crippen LogP contribution in [0.25, 0.3) is 0 Å². The lowest BCUT2D eigenvalue weighted by Crippen LogP contribution is -2.07. The Morgan fingerprint density at radius 2 is 1.96 bits per heavy atom. The average Bonchev–Trinajstić information content (AvgIpc) is 2.98. The Bertz CT molecular complexity index is 712. The first-order chi connectivity index (χ1) is 10.8. The molecule has 9 heteroatoms. The van der Waals surface area contributed by atoms with Gasteiger partial charge in [0.1, 0.15) is 16.5 Å². The van der Waals surface area contributed by atoms with Gasteiger partial charge in [0.25, 0.3) is 0 Å². The Labute approximate surface area is 136 Å². The van der Waals surface area contributed by atoms with Gasteiger partial charge in [-0.2, -0.15) is 13.9 Å². The van der Waals surface area contributed by atoms with E-state index in [1.807, 2.05) is 0 Å². The van der Waals surface area contributed by atoms with Crippen LogP contribution in [0.5, 0.6) is 0 Å². The van der Waals surface area contributed by atoms with Gasteiger partial charge in [0, 0.05) is 18.4 Å². The number of aryl methyl sites for hydroxylation is 2. The summed E-state index contributed by atoms with van der Waals surface area (Å²) in [7, 11) is 1.54. The van der Waals surface area contributed by atoms with Crippen LogP contribution in [0, 0.1) is 20.8 Å². The van der Waals surface area contributed by atoms with E-state index in [4.69, 9.17) is 9.47 Å². The molecule has 0 aliphatic heterocycles. The quantitative estimate of drug-likeness (QED) is 0.753. The number of thiazole rings is 1. The standard InChI is InChI=1S/C14H17F2N3O3S/c1-7-10(9(3)19(18-7)14(15)16)5-22-13(20)12-8(2)17-11(23-12)6-21-4/h14H,5-6H2,1-4H3. The number of rotatable bonds is 6. The highest BCUT2D eigenvalue weighted by Gasteiger charge is 2.21. The normalized spacial score (nSPS) is 11.3. The average molecular weight is 345 g/mol. The summed E-state index contributed by atoms with van der Waals surface area (Å²) in [6.07, 6.45) is 0. The van der Waals surface area contributed by atoms with Gasteiger partial charge in [0.05, 0.1) is 18.0 Å². The molecule has 0 saturated carbocycles. The van der Waals surface area contributed by atoms with Crippen LogP contribution in [-0.4, -0.2) is 27.8 Å². The molecule has 2 aromatic heterocycles. The monoisotopic (exact) mass is 345 g/mol. The van der Waals surface area contributed by atoms with E-state index in [0.29, 0.717) is 38.1 Å². The number of aromatic nitrogens is 3. The second-order valence-corrected chi connectivity index (χ2v) is 5.99. The van der Waals surface area contributed by atoms with E-state index in [1.54, 1.807) is 21.0 Å². The third kappa shape index (κ3) is 3.73. The summed E-state index contributed by atoms with van der Waals surface area (Å²) in [6, 6.07) is 0. The van der Waals surface area contributed by atoms with Crippen LogP contribution < -0.4 is 0 Å². The molecule has 2 heterocycles. The van der Waals surface area contributed by atoms with E-state index >= 15 is 0 Å². The van der Waals surface area contributed by atoms with Crippen molar-refractivity contribution in [3.8, 4) is 0 Å². The molecule has 0 saturated heterocycles. The highest BCUT2D eigenvalue weighted by Crippen LogP contribution is 2.23. The summed E-state index contributed by atoms with van der Waals surface area (Å²) in [5.74, 6) is -0.536. The number of esters is 1. The fourth-order valence-electron chi connectivity index (χ4n) is 2.13. The van der Waals surface area contributed by atoms with Crippen molar-refractivity contribution in [2.45, 2.75) is 40.5 Å². The molecule has 0 aromatic carbocycles. The topological polar surface area (TPSA) is 66.2 Å². The van der Waals surface area contributed by atoms with Gasteiger partial charge in [0.2, 0.25) is 0 Å². The van der Waals surface area contributed by atoms with Gasteiger partial charge in [-0.25, -0.2) is 14.5 Å². The van der Waals surface area contributed by atoms with Crippen LogP contribution in [-0.2, 0) is 22.7 Å². The minimum atomic E-state index is -2.72. The van der Waals surface area contributed by atoms with Crippen LogP contribution in [0.3, 0.4) is 0 Å². The van der Waals surface area contributed by atoms with Crippen molar-refractivity contribution >= 4 is 17.3 Å². The van der Waals surface area contributed by atoms with Gasteiger partial charge in [-0.1, -0.05) is 0 Å². The largest absolute Gasteiger partial charge is 0.456 e. The van der Waals surface area contributed by atoms with Crippen LogP contribution in [0.15, 0.2) is 0 Å². The van der Waals surface area contributed by atoms with Gasteiger partial charge >= 0.3 is 12.5 Å². The van der Waals surface area contributed by atoms with E-state index in [0.717, 1.165) is 0 Å². The fourth-order valence-corrected chi connectivity index (χ4v) is 3.06. The highest BCUT2D eigenvalue weighted by atomic mass is 32.1. The van der Waals surface area contributed by atoms with Crippen LogP contribution in [0.1, 0.15) is 43.9 Å². The lowest BCUT2D eigenvalue weighted by Gasteiger charge is -2.05. The number of alkyl halides is 2. The van der Waals surface area contributed by atoms with Gasteiger partial charge in [-0.05, 0) is 20.8 Å². The second-order valence-electron chi connectivity index (χ2n) is 4.90. The first-order valence-electron chi connectivity index (χ1n) is 6.80. The minimum Gasteiger partial charge on any atom is -0.456 e. The molecule has 126 valence electrons. The second kappa shape index (κ2) is 7.14. The number of hydrogen-bond donors (Lipinski definition) is 0. The molecule has 6 nitrogen and oxygen atoms in total. The van der Waals surface area contributed by atoms with E-state index in [1.165, 1.54) is 18.3 Å².